The Bertz CT molecular complexity index is 1630. The minimum absolute atomic E-state index is 0.0372. The van der Waals surface area contributed by atoms with Crippen LogP contribution in [-0.4, -0.2) is 37.6 Å². The Hall–Kier alpha value is -4.48. The van der Waals surface area contributed by atoms with Gasteiger partial charge in [0.25, 0.3) is 5.91 Å². The monoisotopic (exact) mass is 607 g/mol. The van der Waals surface area contributed by atoms with Crippen molar-refractivity contribution in [1.82, 2.24) is 25.1 Å². The highest BCUT2D eigenvalue weighted by atomic mass is 19.4. The Labute approximate surface area is 253 Å². The molecule has 0 saturated carbocycles. The van der Waals surface area contributed by atoms with Gasteiger partial charge in [0.2, 0.25) is 5.91 Å². The summed E-state index contributed by atoms with van der Waals surface area (Å²) in [5, 5.41) is 11.2. The number of amides is 2. The number of hydrogen-bond acceptors (Lipinski definition) is 6. The minimum Gasteiger partial charge on any atom is -0.383 e. The maximum Gasteiger partial charge on any atom is 0.416 e. The molecule has 232 valence electrons. The van der Waals surface area contributed by atoms with Crippen LogP contribution in [0.25, 0.3) is 22.2 Å². The fraction of sp³-hybridized carbons (Fsp3) is 0.406. The van der Waals surface area contributed by atoms with Gasteiger partial charge in [-0.3, -0.25) is 14.3 Å². The summed E-state index contributed by atoms with van der Waals surface area (Å²) in [6.07, 6.45) is 6.56. The van der Waals surface area contributed by atoms with E-state index >= 15 is 0 Å². The van der Waals surface area contributed by atoms with E-state index in [1.807, 2.05) is 17.8 Å². The molecule has 0 aliphatic carbocycles. The van der Waals surface area contributed by atoms with Crippen LogP contribution in [0.4, 0.5) is 24.8 Å². The van der Waals surface area contributed by atoms with Crippen LogP contribution in [-0.2, 0) is 23.9 Å². The first-order valence-corrected chi connectivity index (χ1v) is 15.0. The first-order chi connectivity index (χ1) is 21.1. The third-order valence-corrected chi connectivity index (χ3v) is 7.90. The lowest BCUT2D eigenvalue weighted by Gasteiger charge is -2.15. The second kappa shape index (κ2) is 13.4. The number of carbonyl (C=O) groups excluding carboxylic acids is 2. The highest BCUT2D eigenvalue weighted by Crippen LogP contribution is 2.35. The van der Waals surface area contributed by atoms with Gasteiger partial charge in [-0.05, 0) is 62.4 Å². The summed E-state index contributed by atoms with van der Waals surface area (Å²) < 4.78 is 41.1. The lowest BCUT2D eigenvalue weighted by Crippen LogP contribution is -2.33. The van der Waals surface area contributed by atoms with Crippen LogP contribution in [0, 0.1) is 0 Å². The second-order valence-electron chi connectivity index (χ2n) is 11.3. The quantitative estimate of drug-likeness (QED) is 0.243. The molecule has 1 aromatic carbocycles. The molecule has 1 atom stereocenters. The summed E-state index contributed by atoms with van der Waals surface area (Å²) in [5.41, 5.74) is 9.07. The van der Waals surface area contributed by atoms with Gasteiger partial charge in [0.05, 0.1) is 16.5 Å². The van der Waals surface area contributed by atoms with Gasteiger partial charge < -0.3 is 16.4 Å². The maximum absolute atomic E-state index is 13.1. The molecule has 3 aromatic heterocycles. The molecule has 0 radical (unpaired) electrons. The minimum atomic E-state index is -4.55. The zero-order valence-corrected chi connectivity index (χ0v) is 24.6. The average Bonchev–Trinajstić information content (AvgIpc) is 3.38. The Balaban J connectivity index is 1.44. The van der Waals surface area contributed by atoms with Crippen molar-refractivity contribution in [2.75, 3.05) is 11.1 Å². The number of rotatable bonds is 3. The van der Waals surface area contributed by atoms with Crippen LogP contribution in [0.1, 0.15) is 79.8 Å². The molecule has 4 aromatic rings. The Morgan fingerprint density at radius 3 is 2.45 bits per heavy atom. The average molecular weight is 608 g/mol. The summed E-state index contributed by atoms with van der Waals surface area (Å²) in [6.45, 7) is 2.54. The normalized spacial score (nSPS) is 17.3. The standard InChI is InChI=1S/C32H36F3N7O2/c1-20-15-17-42-29-23(8-6-4-2-3-5-7-9-26(43)39-20)19-38-30(36)27(29)28(41-42)21-10-12-22(13-11-21)31(44)40-25-18-24(14-16-37-25)32(33,34)35/h10-14,16,18-20H,2-9,15,17H2,1H3,(H2,36,38)(H,39,43)(H,37,40,44)/t20-/m1/s1. The molecule has 1 aliphatic heterocycles. The number of halogens is 3. The van der Waals surface area contributed by atoms with Crippen molar-refractivity contribution in [2.24, 2.45) is 0 Å². The molecule has 0 fully saturated rings. The Morgan fingerprint density at radius 2 is 1.73 bits per heavy atom. The third-order valence-electron chi connectivity index (χ3n) is 7.90. The van der Waals surface area contributed by atoms with Gasteiger partial charge in [-0.15, -0.1) is 0 Å². The number of hydrogen-bond donors (Lipinski definition) is 3. The highest BCUT2D eigenvalue weighted by Gasteiger charge is 2.31. The number of pyridine rings is 2. The Morgan fingerprint density at radius 1 is 1.02 bits per heavy atom. The van der Waals surface area contributed by atoms with Crippen LogP contribution in [0.15, 0.2) is 48.8 Å². The number of nitrogens with two attached hydrogens (primary N) is 1. The Kier molecular flexibility index (Phi) is 9.46. The molecule has 0 spiro atoms. The molecule has 4 N–H and O–H groups in total. The molecule has 9 nitrogen and oxygen atoms in total. The molecule has 0 saturated heterocycles. The summed E-state index contributed by atoms with van der Waals surface area (Å²) in [5.74, 6) is -0.379. The second-order valence-corrected chi connectivity index (χ2v) is 11.3. The number of aryl methyl sites for hydroxylation is 2. The third kappa shape index (κ3) is 7.35. The van der Waals surface area contributed by atoms with E-state index in [0.29, 0.717) is 36.5 Å². The molecule has 0 unspecified atom stereocenters. The van der Waals surface area contributed by atoms with Crippen molar-refractivity contribution in [3.63, 3.8) is 0 Å². The molecule has 44 heavy (non-hydrogen) atoms. The number of nitrogens with zero attached hydrogens (tertiary/aromatic N) is 4. The number of benzene rings is 1. The fourth-order valence-corrected chi connectivity index (χ4v) is 5.54. The highest BCUT2D eigenvalue weighted by molar-refractivity contribution is 6.05. The number of anilines is 2. The van der Waals surface area contributed by atoms with Gasteiger partial charge in [0.15, 0.2) is 0 Å². The number of carbonyl (C=O) groups is 2. The van der Waals surface area contributed by atoms with E-state index in [4.69, 9.17) is 10.8 Å². The summed E-state index contributed by atoms with van der Waals surface area (Å²) in [7, 11) is 0. The molecule has 1 aliphatic rings. The summed E-state index contributed by atoms with van der Waals surface area (Å²) >= 11 is 0. The van der Waals surface area contributed by atoms with Crippen LogP contribution in [0.3, 0.4) is 0 Å². The van der Waals surface area contributed by atoms with E-state index in [9.17, 15) is 22.8 Å². The largest absolute Gasteiger partial charge is 0.416 e. The van der Waals surface area contributed by atoms with Crippen LogP contribution in [0.2, 0.25) is 0 Å². The summed E-state index contributed by atoms with van der Waals surface area (Å²) in [4.78, 5) is 33.6. The van der Waals surface area contributed by atoms with Crippen LogP contribution in [0.5, 0.6) is 0 Å². The lowest BCUT2D eigenvalue weighted by molar-refractivity contribution is -0.137. The maximum atomic E-state index is 13.1. The fourth-order valence-electron chi connectivity index (χ4n) is 5.54. The van der Waals surface area contributed by atoms with Crippen molar-refractivity contribution in [1.29, 1.82) is 0 Å². The van der Waals surface area contributed by atoms with Crippen molar-refractivity contribution in [3.05, 3.63) is 65.5 Å². The molecule has 4 heterocycles. The zero-order chi connectivity index (χ0) is 31.3. The van der Waals surface area contributed by atoms with Gasteiger partial charge in [0, 0.05) is 42.5 Å². The van der Waals surface area contributed by atoms with Gasteiger partial charge in [-0.2, -0.15) is 18.3 Å². The first kappa shape index (κ1) is 31.0. The zero-order valence-electron chi connectivity index (χ0n) is 24.6. The van der Waals surface area contributed by atoms with Crippen molar-refractivity contribution in [3.8, 4) is 11.3 Å². The van der Waals surface area contributed by atoms with Crippen molar-refractivity contribution in [2.45, 2.75) is 83.5 Å². The summed E-state index contributed by atoms with van der Waals surface area (Å²) in [6, 6.07) is 8.21. The molecule has 12 heteroatoms. The SMILES string of the molecule is C[C@@H]1CCn2nc(-c3ccc(C(=O)Nc4cc(C(F)(F)F)ccn4)cc3)c3c(N)ncc(c32)CCCCCCCCC(=O)N1. The number of aromatic nitrogens is 4. The van der Waals surface area contributed by atoms with E-state index < -0.39 is 17.6 Å². The number of alkyl halides is 3. The smallest absolute Gasteiger partial charge is 0.383 e. The first-order valence-electron chi connectivity index (χ1n) is 15.0. The van der Waals surface area contributed by atoms with Crippen LogP contribution >= 0.6 is 0 Å². The van der Waals surface area contributed by atoms with E-state index in [0.717, 1.165) is 79.7 Å². The molecule has 2 amide bonds. The number of nitrogen functional groups attached to an aromatic ring is 1. The van der Waals surface area contributed by atoms with E-state index in [1.54, 1.807) is 24.3 Å². The van der Waals surface area contributed by atoms with E-state index in [2.05, 4.69) is 20.6 Å². The van der Waals surface area contributed by atoms with Gasteiger partial charge >= 0.3 is 6.18 Å². The van der Waals surface area contributed by atoms with Gasteiger partial charge in [-0.25, -0.2) is 9.97 Å². The molecular formula is C32H36F3N7O2. The topological polar surface area (TPSA) is 128 Å². The molecular weight excluding hydrogens is 571 g/mol. The molecule has 0 bridgehead atoms. The predicted molar refractivity (Wildman–Crippen MR) is 163 cm³/mol. The number of nitrogens with one attached hydrogen (secondary N) is 2. The van der Waals surface area contributed by atoms with Gasteiger partial charge in [0.1, 0.15) is 17.3 Å². The van der Waals surface area contributed by atoms with E-state index in [1.165, 1.54) is 0 Å². The van der Waals surface area contributed by atoms with Gasteiger partial charge in [-0.1, -0.05) is 37.8 Å². The predicted octanol–water partition coefficient (Wildman–Crippen LogP) is 6.53. The van der Waals surface area contributed by atoms with Crippen molar-refractivity contribution < 1.29 is 22.8 Å². The van der Waals surface area contributed by atoms with Crippen LogP contribution < -0.4 is 16.4 Å². The molecule has 5 rings (SSSR count). The van der Waals surface area contributed by atoms with E-state index in [-0.39, 0.29) is 23.3 Å². The lowest BCUT2D eigenvalue weighted by atomic mass is 10.0. The van der Waals surface area contributed by atoms with Crippen molar-refractivity contribution >= 4 is 34.4 Å².